The van der Waals surface area contributed by atoms with Crippen LogP contribution >= 0.6 is 15.9 Å². The molecular weight excluding hydrogens is 452 g/mol. The molecule has 2 heterocycles. The minimum Gasteiger partial charge on any atom is -0.480 e. The zero-order valence-electron chi connectivity index (χ0n) is 16.6. The number of methoxy groups -OCH3 is 2. The van der Waals surface area contributed by atoms with Crippen LogP contribution in [0.4, 0.5) is 0 Å². The Labute approximate surface area is 181 Å². The number of rotatable bonds is 4. The molecule has 8 nitrogen and oxygen atoms in total. The van der Waals surface area contributed by atoms with Crippen molar-refractivity contribution in [3.05, 3.63) is 58.8 Å². The van der Waals surface area contributed by atoms with Crippen LogP contribution < -0.4 is 9.47 Å². The van der Waals surface area contributed by atoms with Crippen molar-refractivity contribution in [1.29, 1.82) is 0 Å². The van der Waals surface area contributed by atoms with Gasteiger partial charge in [0.15, 0.2) is 0 Å². The Morgan fingerprint density at radius 1 is 0.867 bits per heavy atom. The van der Waals surface area contributed by atoms with Gasteiger partial charge < -0.3 is 14.2 Å². The van der Waals surface area contributed by atoms with Gasteiger partial charge in [-0.1, -0.05) is 15.9 Å². The van der Waals surface area contributed by atoms with Crippen molar-refractivity contribution in [3.63, 3.8) is 0 Å². The Bertz CT molecular complexity index is 1190. The van der Waals surface area contributed by atoms with Crippen LogP contribution in [0.25, 0.3) is 22.1 Å². The molecule has 0 fully saturated rings. The maximum atomic E-state index is 11.5. The van der Waals surface area contributed by atoms with Crippen molar-refractivity contribution in [2.45, 2.75) is 6.92 Å². The molecule has 0 atom stereocenters. The lowest BCUT2D eigenvalue weighted by atomic mass is 10.2. The molecule has 2 aromatic carbocycles. The third-order valence-corrected chi connectivity index (χ3v) is 4.42. The number of halogens is 1. The molecule has 0 saturated carbocycles. The highest BCUT2D eigenvalue weighted by molar-refractivity contribution is 9.10. The van der Waals surface area contributed by atoms with E-state index in [1.807, 2.05) is 18.2 Å². The molecule has 154 valence electrons. The number of hydrogen-bond acceptors (Lipinski definition) is 8. The highest BCUT2D eigenvalue weighted by Crippen LogP contribution is 2.18. The lowest BCUT2D eigenvalue weighted by Gasteiger charge is -2.04. The topological polar surface area (TPSA) is 96.3 Å². The number of hydrogen-bond donors (Lipinski definition) is 0. The molecule has 0 bridgehead atoms. The van der Waals surface area contributed by atoms with Crippen LogP contribution in [0, 0.1) is 0 Å². The first kappa shape index (κ1) is 21.4. The van der Waals surface area contributed by atoms with Crippen LogP contribution in [0.15, 0.2) is 53.3 Å². The summed E-state index contributed by atoms with van der Waals surface area (Å²) in [4.78, 5) is 28.3. The predicted molar refractivity (Wildman–Crippen MR) is 116 cm³/mol. The summed E-state index contributed by atoms with van der Waals surface area (Å²) < 4.78 is 15.9. The largest absolute Gasteiger partial charge is 0.480 e. The molecule has 0 saturated heterocycles. The van der Waals surface area contributed by atoms with Gasteiger partial charge in [-0.25, -0.2) is 24.7 Å². The average molecular weight is 471 g/mol. The van der Waals surface area contributed by atoms with Crippen molar-refractivity contribution in [2.75, 3.05) is 20.8 Å². The third-order valence-electron chi connectivity index (χ3n) is 3.93. The first-order chi connectivity index (χ1) is 14.5. The summed E-state index contributed by atoms with van der Waals surface area (Å²) in [5, 5.41) is 0. The van der Waals surface area contributed by atoms with E-state index in [1.165, 1.54) is 13.3 Å². The monoisotopic (exact) mass is 470 g/mol. The van der Waals surface area contributed by atoms with Crippen LogP contribution in [-0.4, -0.2) is 46.7 Å². The van der Waals surface area contributed by atoms with E-state index in [-0.39, 0.29) is 5.97 Å². The lowest BCUT2D eigenvalue weighted by molar-refractivity contribution is 0.0526. The number of aromatic nitrogens is 4. The van der Waals surface area contributed by atoms with Gasteiger partial charge in [0.2, 0.25) is 11.8 Å². The highest BCUT2D eigenvalue weighted by Gasteiger charge is 2.08. The molecule has 0 aliphatic rings. The predicted octanol–water partition coefficient (Wildman–Crippen LogP) is 4.22. The van der Waals surface area contributed by atoms with Crippen molar-refractivity contribution in [2.24, 2.45) is 0 Å². The Hall–Kier alpha value is -3.33. The molecular formula is C21H19BrN4O4. The first-order valence-electron chi connectivity index (χ1n) is 8.98. The fourth-order valence-corrected chi connectivity index (χ4v) is 2.85. The van der Waals surface area contributed by atoms with Crippen LogP contribution in [0.1, 0.15) is 17.3 Å². The summed E-state index contributed by atoms with van der Waals surface area (Å²) >= 11 is 3.37. The van der Waals surface area contributed by atoms with Gasteiger partial charge >= 0.3 is 5.97 Å². The van der Waals surface area contributed by atoms with E-state index in [2.05, 4.69) is 35.9 Å². The Kier molecular flexibility index (Phi) is 7.08. The van der Waals surface area contributed by atoms with Crippen molar-refractivity contribution >= 4 is 44.0 Å². The Morgan fingerprint density at radius 3 is 2.00 bits per heavy atom. The summed E-state index contributed by atoms with van der Waals surface area (Å²) in [6.07, 6.45) is 3.14. The number of nitrogens with zero attached hydrogens (tertiary/aromatic N) is 4. The maximum Gasteiger partial charge on any atom is 0.338 e. The summed E-state index contributed by atoms with van der Waals surface area (Å²) in [6.45, 7) is 2.11. The van der Waals surface area contributed by atoms with E-state index >= 15 is 0 Å². The Morgan fingerprint density at radius 2 is 1.43 bits per heavy atom. The molecule has 4 rings (SSSR count). The zero-order valence-corrected chi connectivity index (χ0v) is 18.2. The average Bonchev–Trinajstić information content (AvgIpc) is 2.78. The van der Waals surface area contributed by atoms with Gasteiger partial charge in [0.1, 0.15) is 0 Å². The molecule has 0 radical (unpaired) electrons. The van der Waals surface area contributed by atoms with Crippen LogP contribution in [0.3, 0.4) is 0 Å². The molecule has 0 unspecified atom stereocenters. The molecule has 4 aromatic rings. The molecule has 30 heavy (non-hydrogen) atoms. The molecule has 0 amide bonds. The molecule has 0 spiro atoms. The Balaban J connectivity index is 0.000000177. The minimum atomic E-state index is -0.362. The molecule has 0 aliphatic carbocycles. The number of carbonyl (C=O) groups is 1. The number of carbonyl (C=O) groups excluding carboxylic acids is 1. The standard InChI is InChI=1S/C12H12N2O3.C9H7BrN2O/c1-3-17-12(15)8-4-5-9-10(6-8)14-11(16-2)7-13-9;1-13-9-5-11-7-3-2-6(10)4-8(7)12-9/h4-7H,3H2,1-2H3;2-5H,1H3. The summed E-state index contributed by atoms with van der Waals surface area (Å²) in [7, 11) is 3.10. The lowest BCUT2D eigenvalue weighted by Crippen LogP contribution is -2.04. The van der Waals surface area contributed by atoms with Gasteiger partial charge in [-0.15, -0.1) is 0 Å². The summed E-state index contributed by atoms with van der Waals surface area (Å²) in [5.74, 6) is 0.586. The van der Waals surface area contributed by atoms with Gasteiger partial charge in [0.25, 0.3) is 0 Å². The normalized spacial score (nSPS) is 10.3. The SMILES string of the molecule is CCOC(=O)c1ccc2ncc(OC)nc2c1.COc1cnc2ccc(Br)cc2n1. The number of fused-ring (bicyclic) bond motifs is 2. The second kappa shape index (κ2) is 9.93. The third kappa shape index (κ3) is 5.18. The van der Waals surface area contributed by atoms with Gasteiger partial charge in [-0.2, -0.15) is 0 Å². The van der Waals surface area contributed by atoms with Crippen LogP contribution in [0.5, 0.6) is 11.8 Å². The van der Waals surface area contributed by atoms with Crippen LogP contribution in [0.2, 0.25) is 0 Å². The van der Waals surface area contributed by atoms with Gasteiger partial charge in [0.05, 0.1) is 60.9 Å². The second-order valence-electron chi connectivity index (χ2n) is 5.88. The molecule has 0 N–H and O–H groups in total. The van der Waals surface area contributed by atoms with E-state index in [9.17, 15) is 4.79 Å². The van der Waals surface area contributed by atoms with Gasteiger partial charge in [0, 0.05) is 4.47 Å². The van der Waals surface area contributed by atoms with E-state index < -0.39 is 0 Å². The van der Waals surface area contributed by atoms with E-state index in [4.69, 9.17) is 14.2 Å². The van der Waals surface area contributed by atoms with Crippen molar-refractivity contribution in [1.82, 2.24) is 19.9 Å². The van der Waals surface area contributed by atoms with Crippen molar-refractivity contribution in [3.8, 4) is 11.8 Å². The van der Waals surface area contributed by atoms with Gasteiger partial charge in [-0.3, -0.25) is 0 Å². The minimum absolute atomic E-state index is 0.348. The zero-order chi connectivity index (χ0) is 21.5. The summed E-state index contributed by atoms with van der Waals surface area (Å²) in [6, 6.07) is 10.8. The fourth-order valence-electron chi connectivity index (χ4n) is 2.50. The van der Waals surface area contributed by atoms with E-state index in [1.54, 1.807) is 38.4 Å². The van der Waals surface area contributed by atoms with Gasteiger partial charge in [-0.05, 0) is 43.3 Å². The van der Waals surface area contributed by atoms with E-state index in [0.29, 0.717) is 35.0 Å². The smallest absolute Gasteiger partial charge is 0.338 e. The molecule has 0 aliphatic heterocycles. The first-order valence-corrected chi connectivity index (χ1v) is 9.77. The van der Waals surface area contributed by atoms with Crippen LogP contribution in [-0.2, 0) is 4.74 Å². The number of esters is 1. The molecule has 2 aromatic heterocycles. The van der Waals surface area contributed by atoms with Crippen molar-refractivity contribution < 1.29 is 19.0 Å². The highest BCUT2D eigenvalue weighted by atomic mass is 79.9. The summed E-state index contributed by atoms with van der Waals surface area (Å²) in [5.41, 5.74) is 3.47. The second-order valence-corrected chi connectivity index (χ2v) is 6.80. The number of ether oxygens (including phenoxy) is 3. The van der Waals surface area contributed by atoms with E-state index in [0.717, 1.165) is 15.5 Å². The maximum absolute atomic E-state index is 11.5. The molecule has 9 heteroatoms. The quantitative estimate of drug-likeness (QED) is 0.409. The number of benzene rings is 2. The fraction of sp³-hybridized carbons (Fsp3) is 0.190.